The van der Waals surface area contributed by atoms with Gasteiger partial charge in [0.1, 0.15) is 29.4 Å². The second-order valence-corrected chi connectivity index (χ2v) is 10.6. The molecule has 0 unspecified atom stereocenters. The number of aryl methyl sites for hydroxylation is 1. The third kappa shape index (κ3) is 5.82. The van der Waals surface area contributed by atoms with Crippen molar-refractivity contribution in [1.82, 2.24) is 34.6 Å². The molecule has 0 radical (unpaired) electrons. The van der Waals surface area contributed by atoms with Gasteiger partial charge in [0.05, 0.1) is 22.2 Å². The van der Waals surface area contributed by atoms with Gasteiger partial charge in [-0.15, -0.1) is 0 Å². The van der Waals surface area contributed by atoms with Crippen LogP contribution in [0, 0.1) is 5.92 Å². The van der Waals surface area contributed by atoms with Crippen LogP contribution in [-0.2, 0) is 18.4 Å². The summed E-state index contributed by atoms with van der Waals surface area (Å²) in [7, 11) is 1.81. The molecular weight excluding hydrogens is 572 g/mol. The van der Waals surface area contributed by atoms with Crippen molar-refractivity contribution in [3.63, 3.8) is 0 Å². The van der Waals surface area contributed by atoms with Gasteiger partial charge in [-0.1, -0.05) is 23.7 Å². The molecule has 1 aliphatic heterocycles. The predicted molar refractivity (Wildman–Crippen MR) is 159 cm³/mol. The van der Waals surface area contributed by atoms with Crippen LogP contribution in [0.5, 0.6) is 5.88 Å². The smallest absolute Gasteiger partial charge is 0.306 e. The van der Waals surface area contributed by atoms with Crippen molar-refractivity contribution in [3.8, 4) is 28.5 Å². The van der Waals surface area contributed by atoms with Gasteiger partial charge >= 0.3 is 5.97 Å². The van der Waals surface area contributed by atoms with E-state index < -0.39 is 11.9 Å². The Morgan fingerprint density at radius 2 is 1.88 bits per heavy atom. The van der Waals surface area contributed by atoms with Gasteiger partial charge in [-0.05, 0) is 49.2 Å². The predicted octanol–water partition coefficient (Wildman–Crippen LogP) is 4.24. The number of aromatic nitrogens is 6. The third-order valence-electron chi connectivity index (χ3n) is 7.29. The molecule has 0 aliphatic carbocycles. The van der Waals surface area contributed by atoms with E-state index in [4.69, 9.17) is 27.1 Å². The lowest BCUT2D eigenvalue weighted by atomic mass is 9.97. The number of carbonyl (C=O) groups is 2. The molecule has 0 atom stereocenters. The van der Waals surface area contributed by atoms with Crippen LogP contribution in [-0.4, -0.2) is 64.7 Å². The molecule has 218 valence electrons. The molecule has 1 amide bonds. The number of benzene rings is 1. The zero-order chi connectivity index (χ0) is 30.1. The molecule has 5 heterocycles. The van der Waals surface area contributed by atoms with Gasteiger partial charge < -0.3 is 20.5 Å². The van der Waals surface area contributed by atoms with Gasteiger partial charge in [0.25, 0.3) is 11.8 Å². The van der Waals surface area contributed by atoms with E-state index in [0.717, 1.165) is 5.39 Å². The maximum Gasteiger partial charge on any atom is 0.306 e. The summed E-state index contributed by atoms with van der Waals surface area (Å²) in [5.74, 6) is -1.37. The zero-order valence-corrected chi connectivity index (χ0v) is 23.9. The number of halogens is 1. The van der Waals surface area contributed by atoms with Crippen LogP contribution in [0.1, 0.15) is 29.0 Å². The van der Waals surface area contributed by atoms with Crippen molar-refractivity contribution in [2.75, 3.05) is 18.8 Å². The van der Waals surface area contributed by atoms with Crippen LogP contribution in [0.2, 0.25) is 5.02 Å². The summed E-state index contributed by atoms with van der Waals surface area (Å²) in [5.41, 5.74) is 9.90. The summed E-state index contributed by atoms with van der Waals surface area (Å²) in [4.78, 5) is 44.2. The van der Waals surface area contributed by atoms with Crippen molar-refractivity contribution in [3.05, 3.63) is 77.3 Å². The summed E-state index contributed by atoms with van der Waals surface area (Å²) in [5, 5.41) is 15.0. The van der Waals surface area contributed by atoms with Gasteiger partial charge in [0.2, 0.25) is 0 Å². The van der Waals surface area contributed by atoms with E-state index in [1.807, 2.05) is 24.3 Å². The second kappa shape index (κ2) is 11.6. The lowest BCUT2D eigenvalue weighted by Gasteiger charge is -2.29. The van der Waals surface area contributed by atoms with Crippen LogP contribution in [0.15, 0.2) is 60.9 Å². The van der Waals surface area contributed by atoms with Gasteiger partial charge in [0, 0.05) is 43.5 Å². The van der Waals surface area contributed by atoms with Crippen molar-refractivity contribution in [2.45, 2.75) is 19.4 Å². The highest BCUT2D eigenvalue weighted by Gasteiger charge is 2.28. The van der Waals surface area contributed by atoms with Gasteiger partial charge in [-0.2, -0.15) is 5.10 Å². The number of piperidine rings is 1. The average molecular weight is 599 g/mol. The number of carbonyl (C=O) groups excluding carboxylic acids is 1. The molecule has 5 aromatic rings. The van der Waals surface area contributed by atoms with Crippen LogP contribution in [0.3, 0.4) is 0 Å². The molecule has 12 nitrogen and oxygen atoms in total. The number of carboxylic acid groups (broad SMARTS) is 1. The number of nitrogens with zero attached hydrogens (tertiary/aromatic N) is 7. The summed E-state index contributed by atoms with van der Waals surface area (Å²) in [6.07, 6.45) is 4.31. The molecule has 1 aromatic carbocycles. The second-order valence-electron chi connectivity index (χ2n) is 10.2. The third-order valence-corrected chi connectivity index (χ3v) is 7.58. The first-order chi connectivity index (χ1) is 20.8. The number of hydrogen-bond acceptors (Lipinski definition) is 9. The molecule has 0 spiro atoms. The molecular formula is C30H27ClN8O4. The maximum atomic E-state index is 13.1. The molecule has 13 heteroatoms. The van der Waals surface area contributed by atoms with E-state index in [-0.39, 0.29) is 29.9 Å². The van der Waals surface area contributed by atoms with Crippen molar-refractivity contribution < 1.29 is 19.4 Å². The number of rotatable bonds is 7. The Hall–Kier alpha value is -5.10. The van der Waals surface area contributed by atoms with Crippen LogP contribution in [0.25, 0.3) is 33.5 Å². The number of hydrogen-bond donors (Lipinski definition) is 2. The van der Waals surface area contributed by atoms with Crippen LogP contribution < -0.4 is 10.5 Å². The van der Waals surface area contributed by atoms with Crippen molar-refractivity contribution >= 4 is 40.2 Å². The monoisotopic (exact) mass is 598 g/mol. The minimum atomic E-state index is -0.830. The highest BCUT2D eigenvalue weighted by atomic mass is 35.5. The molecule has 0 saturated carbocycles. The Balaban J connectivity index is 1.28. The Kier molecular flexibility index (Phi) is 7.59. The number of nitrogens with two attached hydrogens (primary N) is 1. The highest BCUT2D eigenvalue weighted by Crippen LogP contribution is 2.36. The fourth-order valence-corrected chi connectivity index (χ4v) is 5.33. The van der Waals surface area contributed by atoms with E-state index in [1.54, 1.807) is 53.3 Å². The SMILES string of the molecule is Cn1ccc(-c2nc(N)c(OCc3cccc(C(=O)N4CCC(C(=O)O)CC4)n3)nc2-c2cc(Cl)c3ncccc3c2)n1. The fraction of sp³-hybridized carbons (Fsp3) is 0.233. The normalized spacial score (nSPS) is 13.8. The number of amides is 1. The van der Waals surface area contributed by atoms with Gasteiger partial charge in [0.15, 0.2) is 5.82 Å². The Morgan fingerprint density at radius 1 is 1.07 bits per heavy atom. The lowest BCUT2D eigenvalue weighted by Crippen LogP contribution is -2.40. The summed E-state index contributed by atoms with van der Waals surface area (Å²) < 4.78 is 7.66. The molecule has 43 heavy (non-hydrogen) atoms. The first-order valence-corrected chi connectivity index (χ1v) is 14.0. The van der Waals surface area contributed by atoms with E-state index >= 15 is 0 Å². The average Bonchev–Trinajstić information content (AvgIpc) is 3.46. The number of fused-ring (bicyclic) bond motifs is 1. The number of anilines is 1. The van der Waals surface area contributed by atoms with Gasteiger partial charge in [-0.25, -0.2) is 15.0 Å². The minimum absolute atomic E-state index is 0.0220. The molecule has 6 rings (SSSR count). The largest absolute Gasteiger partial charge is 0.481 e. The maximum absolute atomic E-state index is 13.1. The van der Waals surface area contributed by atoms with E-state index in [0.29, 0.717) is 64.8 Å². The van der Waals surface area contributed by atoms with Crippen LogP contribution in [0.4, 0.5) is 5.82 Å². The number of pyridine rings is 2. The Bertz CT molecular complexity index is 1850. The first kappa shape index (κ1) is 28.0. The molecule has 1 fully saturated rings. The molecule has 0 bridgehead atoms. The Labute approximate surface area is 251 Å². The standard InChI is InChI=1S/C30H27ClN8O4/c1-38-11-9-22(37-38)26-25(19-14-18-4-3-10-33-24(18)21(31)15-19)36-28(27(32)35-26)43-16-20-5-2-6-23(34-20)29(40)39-12-7-17(8-13-39)30(41)42/h2-6,9-11,14-15,17H,7-8,12-13,16H2,1H3,(H2,32,35)(H,41,42). The summed E-state index contributed by atoms with van der Waals surface area (Å²) in [6, 6.07) is 14.3. The molecule has 3 N–H and O–H groups in total. The van der Waals surface area contributed by atoms with Crippen molar-refractivity contribution in [1.29, 1.82) is 0 Å². The number of aliphatic carboxylic acids is 1. The van der Waals surface area contributed by atoms with E-state index in [1.165, 1.54) is 0 Å². The molecule has 1 saturated heterocycles. The topological polar surface area (TPSA) is 162 Å². The number of nitrogen functional groups attached to an aromatic ring is 1. The first-order valence-electron chi connectivity index (χ1n) is 13.6. The van der Waals surface area contributed by atoms with Crippen molar-refractivity contribution in [2.24, 2.45) is 13.0 Å². The lowest BCUT2D eigenvalue weighted by molar-refractivity contribution is -0.143. The Morgan fingerprint density at radius 3 is 2.63 bits per heavy atom. The highest BCUT2D eigenvalue weighted by molar-refractivity contribution is 6.35. The molecule has 1 aliphatic rings. The minimum Gasteiger partial charge on any atom is -0.481 e. The number of ether oxygens (including phenoxy) is 1. The molecule has 4 aromatic heterocycles. The zero-order valence-electron chi connectivity index (χ0n) is 23.1. The van der Waals surface area contributed by atoms with Crippen LogP contribution >= 0.6 is 11.6 Å². The quantitative estimate of drug-likeness (QED) is 0.277. The number of likely N-dealkylation sites (tertiary alicyclic amines) is 1. The van der Waals surface area contributed by atoms with Gasteiger partial charge in [-0.3, -0.25) is 19.3 Å². The fourth-order valence-electron chi connectivity index (χ4n) is 5.06. The van der Waals surface area contributed by atoms with E-state index in [9.17, 15) is 14.7 Å². The number of carboxylic acids is 1. The van der Waals surface area contributed by atoms with E-state index in [2.05, 4.69) is 20.1 Å². The summed E-state index contributed by atoms with van der Waals surface area (Å²) in [6.45, 7) is 0.709. The summed E-state index contributed by atoms with van der Waals surface area (Å²) >= 11 is 6.59.